The van der Waals surface area contributed by atoms with Gasteiger partial charge in [-0.1, -0.05) is 29.8 Å². The Kier molecular flexibility index (Phi) is 5.66. The molecule has 0 bridgehead atoms. The summed E-state index contributed by atoms with van der Waals surface area (Å²) in [6, 6.07) is 11.0. The van der Waals surface area contributed by atoms with E-state index in [0.717, 1.165) is 28.3 Å². The normalized spacial score (nSPS) is 12.1. The number of fused-ring (bicyclic) bond motifs is 1. The lowest BCUT2D eigenvalue weighted by molar-refractivity contribution is 0.602. The number of hydrogen-bond donors (Lipinski definition) is 2. The second kappa shape index (κ2) is 8.34. The molecule has 0 aliphatic carbocycles. The quantitative estimate of drug-likeness (QED) is 0.330. The summed E-state index contributed by atoms with van der Waals surface area (Å²) in [4.78, 5) is 8.74. The summed E-state index contributed by atoms with van der Waals surface area (Å²) in [6.07, 6.45) is 3.61. The molecule has 4 nitrogen and oxygen atoms in total. The minimum atomic E-state index is -0.355. The Morgan fingerprint density at radius 1 is 1.25 bits per heavy atom. The molecule has 0 aliphatic rings. The van der Waals surface area contributed by atoms with E-state index in [1.807, 2.05) is 42.8 Å². The Hall–Kier alpha value is -2.35. The average Bonchev–Trinajstić information content (AvgIpc) is 3.22. The molecule has 0 fully saturated rings. The van der Waals surface area contributed by atoms with Crippen molar-refractivity contribution < 1.29 is 4.39 Å². The number of anilines is 2. The van der Waals surface area contributed by atoms with Crippen LogP contribution in [-0.2, 0) is 0 Å². The summed E-state index contributed by atoms with van der Waals surface area (Å²) >= 11 is 9.03. The van der Waals surface area contributed by atoms with Gasteiger partial charge in [-0.2, -0.15) is 0 Å². The van der Waals surface area contributed by atoms with Gasteiger partial charge in [-0.3, -0.25) is 4.98 Å². The summed E-state index contributed by atoms with van der Waals surface area (Å²) in [5.41, 5.74) is 3.33. The predicted molar refractivity (Wildman–Crippen MR) is 117 cm³/mol. The monoisotopic (exact) mass is 430 g/mol. The van der Waals surface area contributed by atoms with E-state index in [2.05, 4.69) is 20.0 Å². The van der Waals surface area contributed by atoms with Crippen LogP contribution < -0.4 is 10.0 Å². The van der Waals surface area contributed by atoms with Crippen molar-refractivity contribution in [2.45, 2.75) is 17.9 Å². The summed E-state index contributed by atoms with van der Waals surface area (Å²) < 4.78 is 17.6. The Balaban J connectivity index is 1.55. The van der Waals surface area contributed by atoms with Crippen LogP contribution in [0, 0.1) is 5.82 Å². The van der Waals surface area contributed by atoms with Gasteiger partial charge in [0.2, 0.25) is 0 Å². The van der Waals surface area contributed by atoms with Gasteiger partial charge in [-0.25, -0.2) is 9.37 Å². The maximum absolute atomic E-state index is 14.6. The SMILES string of the molecule is CC(Nc1cc(F)c(SNc2cscn2)cc1Cl)c1cccc2ccncc12. The third kappa shape index (κ3) is 4.06. The number of nitrogens with zero attached hydrogens (tertiary/aromatic N) is 2. The summed E-state index contributed by atoms with van der Waals surface area (Å²) in [5.74, 6) is 0.331. The molecular formula is C20H16ClFN4S2. The summed E-state index contributed by atoms with van der Waals surface area (Å²) in [6.45, 7) is 2.02. The van der Waals surface area contributed by atoms with E-state index in [-0.39, 0.29) is 11.9 Å². The summed E-state index contributed by atoms with van der Waals surface area (Å²) in [5, 5.41) is 7.79. The highest BCUT2D eigenvalue weighted by Gasteiger charge is 2.14. The van der Waals surface area contributed by atoms with Crippen LogP contribution in [0.15, 0.2) is 64.6 Å². The molecule has 1 unspecified atom stereocenters. The maximum atomic E-state index is 14.6. The fraction of sp³-hybridized carbons (Fsp3) is 0.100. The third-order valence-corrected chi connectivity index (χ3v) is 6.02. The van der Waals surface area contributed by atoms with Crippen LogP contribution in [0.25, 0.3) is 10.8 Å². The van der Waals surface area contributed by atoms with Gasteiger partial charge in [0.1, 0.15) is 11.6 Å². The number of nitrogens with one attached hydrogen (secondary N) is 2. The Morgan fingerprint density at radius 3 is 2.96 bits per heavy atom. The molecule has 0 spiro atoms. The third-order valence-electron chi connectivity index (χ3n) is 4.28. The second-order valence-electron chi connectivity index (χ2n) is 6.15. The smallest absolute Gasteiger partial charge is 0.147 e. The van der Waals surface area contributed by atoms with E-state index in [9.17, 15) is 4.39 Å². The molecular weight excluding hydrogens is 415 g/mol. The molecule has 142 valence electrons. The second-order valence-corrected chi connectivity index (χ2v) is 8.12. The van der Waals surface area contributed by atoms with Gasteiger partial charge < -0.3 is 10.0 Å². The van der Waals surface area contributed by atoms with Crippen LogP contribution in [0.3, 0.4) is 0 Å². The molecule has 0 amide bonds. The Labute approximate surface area is 175 Å². The van der Waals surface area contributed by atoms with Gasteiger partial charge in [0.15, 0.2) is 0 Å². The highest BCUT2D eigenvalue weighted by atomic mass is 35.5. The number of thiazole rings is 1. The van der Waals surface area contributed by atoms with Gasteiger partial charge in [0.25, 0.3) is 0 Å². The minimum Gasteiger partial charge on any atom is -0.377 e. The molecule has 4 aromatic rings. The molecule has 0 radical (unpaired) electrons. The lowest BCUT2D eigenvalue weighted by Crippen LogP contribution is -2.08. The van der Waals surface area contributed by atoms with Crippen LogP contribution >= 0.6 is 34.9 Å². The molecule has 2 heterocycles. The fourth-order valence-corrected chi connectivity index (χ4v) is 4.41. The van der Waals surface area contributed by atoms with Crippen LogP contribution in [-0.4, -0.2) is 9.97 Å². The highest BCUT2D eigenvalue weighted by molar-refractivity contribution is 8.00. The number of benzene rings is 2. The number of rotatable bonds is 6. The van der Waals surface area contributed by atoms with Gasteiger partial charge in [0.05, 0.1) is 21.1 Å². The minimum absolute atomic E-state index is 0.0727. The van der Waals surface area contributed by atoms with Gasteiger partial charge in [-0.15, -0.1) is 11.3 Å². The first-order chi connectivity index (χ1) is 13.6. The van der Waals surface area contributed by atoms with Crippen LogP contribution in [0.5, 0.6) is 0 Å². The zero-order chi connectivity index (χ0) is 19.5. The first-order valence-corrected chi connectivity index (χ1v) is 10.6. The number of pyridine rings is 1. The van der Waals surface area contributed by atoms with Gasteiger partial charge in [-0.05, 0) is 48.0 Å². The highest BCUT2D eigenvalue weighted by Crippen LogP contribution is 2.34. The van der Waals surface area contributed by atoms with Crippen LogP contribution in [0.2, 0.25) is 5.02 Å². The predicted octanol–water partition coefficient (Wildman–Crippen LogP) is 6.78. The Morgan fingerprint density at radius 2 is 2.14 bits per heavy atom. The topological polar surface area (TPSA) is 49.8 Å². The molecule has 2 aromatic carbocycles. The Bertz CT molecular complexity index is 1100. The van der Waals surface area contributed by atoms with Crippen molar-refractivity contribution in [2.75, 3.05) is 10.0 Å². The lowest BCUT2D eigenvalue weighted by atomic mass is 10.0. The van der Waals surface area contributed by atoms with E-state index < -0.39 is 0 Å². The van der Waals surface area contributed by atoms with Crippen molar-refractivity contribution in [3.63, 3.8) is 0 Å². The average molecular weight is 431 g/mol. The first kappa shape index (κ1) is 19.0. The number of aromatic nitrogens is 2. The zero-order valence-electron chi connectivity index (χ0n) is 14.8. The van der Waals surface area contributed by atoms with E-state index >= 15 is 0 Å². The standard InChI is InChI=1S/C20H16ClFN4S2/c1-12(14-4-2-3-13-5-6-23-9-15(13)14)25-18-8-17(22)19(7-16(18)21)28-26-20-10-27-11-24-20/h2-12,25-26H,1H3. The molecule has 8 heteroatoms. The number of hydrogen-bond acceptors (Lipinski definition) is 6. The molecule has 28 heavy (non-hydrogen) atoms. The van der Waals surface area contributed by atoms with Crippen LogP contribution in [0.1, 0.15) is 18.5 Å². The van der Waals surface area contributed by atoms with Gasteiger partial charge >= 0.3 is 0 Å². The molecule has 1 atom stereocenters. The van der Waals surface area contributed by atoms with E-state index in [1.165, 1.54) is 17.4 Å². The van der Waals surface area contributed by atoms with Crippen molar-refractivity contribution in [1.82, 2.24) is 9.97 Å². The molecule has 0 saturated heterocycles. The van der Waals surface area contributed by atoms with E-state index in [1.54, 1.807) is 17.8 Å². The van der Waals surface area contributed by atoms with Crippen LogP contribution in [0.4, 0.5) is 15.9 Å². The van der Waals surface area contributed by atoms with Crippen molar-refractivity contribution in [1.29, 1.82) is 0 Å². The summed E-state index contributed by atoms with van der Waals surface area (Å²) in [7, 11) is 0. The van der Waals surface area contributed by atoms with Crippen molar-refractivity contribution >= 4 is 57.2 Å². The van der Waals surface area contributed by atoms with Crippen molar-refractivity contribution in [2.24, 2.45) is 0 Å². The molecule has 2 aromatic heterocycles. The molecule has 2 N–H and O–H groups in total. The molecule has 4 rings (SSSR count). The zero-order valence-corrected chi connectivity index (χ0v) is 17.2. The van der Waals surface area contributed by atoms with Crippen molar-refractivity contribution in [3.8, 4) is 0 Å². The molecule has 0 saturated carbocycles. The van der Waals surface area contributed by atoms with E-state index in [0.29, 0.717) is 21.4 Å². The van der Waals surface area contributed by atoms with Crippen molar-refractivity contribution in [3.05, 3.63) is 76.1 Å². The maximum Gasteiger partial charge on any atom is 0.147 e. The fourth-order valence-electron chi connectivity index (χ4n) is 2.91. The lowest BCUT2D eigenvalue weighted by Gasteiger charge is -2.19. The largest absolute Gasteiger partial charge is 0.377 e. The molecule has 0 aliphatic heterocycles. The van der Waals surface area contributed by atoms with Gasteiger partial charge in [0, 0.05) is 29.2 Å². The van der Waals surface area contributed by atoms with E-state index in [4.69, 9.17) is 11.6 Å². The first-order valence-electron chi connectivity index (χ1n) is 8.51. The number of halogens is 2.